The summed E-state index contributed by atoms with van der Waals surface area (Å²) in [6, 6.07) is 60.9. The van der Waals surface area contributed by atoms with Crippen molar-refractivity contribution in [1.29, 1.82) is 0 Å². The van der Waals surface area contributed by atoms with Crippen molar-refractivity contribution in [2.75, 3.05) is 4.90 Å². The normalized spacial score (nSPS) is 16.6. The van der Waals surface area contributed by atoms with Crippen LogP contribution >= 0.6 is 0 Å². The van der Waals surface area contributed by atoms with Crippen LogP contribution in [-0.2, 0) is 16.2 Å². The summed E-state index contributed by atoms with van der Waals surface area (Å²) in [4.78, 5) is 2.64. The van der Waals surface area contributed by atoms with Crippen LogP contribution < -0.4 is 21.3 Å². The fourth-order valence-corrected chi connectivity index (χ4v) is 12.3. The van der Waals surface area contributed by atoms with Crippen molar-refractivity contribution in [3.05, 3.63) is 191 Å². The average molecular weight is 754 g/mol. The number of benzene rings is 8. The molecule has 0 fully saturated rings. The summed E-state index contributed by atoms with van der Waals surface area (Å²) in [5.74, 6) is 0. The molecule has 1 nitrogen and oxygen atoms in total. The van der Waals surface area contributed by atoms with Gasteiger partial charge in [-0.25, -0.2) is 0 Å². The molecule has 2 heterocycles. The second-order valence-corrected chi connectivity index (χ2v) is 19.3. The molecular weight excluding hydrogens is 709 g/mol. The van der Waals surface area contributed by atoms with Gasteiger partial charge in [-0.05, 0) is 136 Å². The summed E-state index contributed by atoms with van der Waals surface area (Å²) in [5, 5.41) is 0. The molecule has 59 heavy (non-hydrogen) atoms. The predicted molar refractivity (Wildman–Crippen MR) is 249 cm³/mol. The number of rotatable bonds is 2. The predicted octanol–water partition coefficient (Wildman–Crippen LogP) is 12.6. The Kier molecular flexibility index (Phi) is 6.27. The minimum atomic E-state index is -0.113. The smallest absolute Gasteiger partial charge is 0.248 e. The molecular formula is C57H44BN. The second-order valence-electron chi connectivity index (χ2n) is 19.3. The van der Waals surface area contributed by atoms with Crippen LogP contribution in [0.4, 0.5) is 17.1 Å². The van der Waals surface area contributed by atoms with E-state index in [1.54, 1.807) is 0 Å². The molecule has 8 aromatic carbocycles. The highest BCUT2D eigenvalue weighted by Crippen LogP contribution is 2.55. The van der Waals surface area contributed by atoms with Crippen molar-refractivity contribution in [2.24, 2.45) is 0 Å². The van der Waals surface area contributed by atoms with Crippen LogP contribution in [0.3, 0.4) is 0 Å². The molecule has 5 aliphatic rings. The van der Waals surface area contributed by atoms with Crippen LogP contribution in [0.15, 0.2) is 158 Å². The molecule has 0 radical (unpaired) electrons. The monoisotopic (exact) mass is 753 g/mol. The first-order valence-corrected chi connectivity index (χ1v) is 21.4. The fourth-order valence-electron chi connectivity index (χ4n) is 12.3. The number of anilines is 3. The standard InChI is InChI=1S/C57H44BN/c1-55(2)44-21-13-10-18-36(44)39-28-35(24-25-47(39)55)59-52-30-41-38-20-12-15-23-46(38)57(5,6)49(41)32-51(52)58-50-31-48-40(37-19-11-14-22-45(37)56(48,3)4)29-42(50)43-26-34(27-53(59)54(43)58)33-16-8-7-9-17-33/h7-32H,1-6H3. The minimum absolute atomic E-state index is 0.0611. The van der Waals surface area contributed by atoms with E-state index in [0.29, 0.717) is 0 Å². The van der Waals surface area contributed by atoms with Crippen molar-refractivity contribution in [3.63, 3.8) is 0 Å². The largest absolute Gasteiger partial charge is 0.311 e. The molecule has 0 aromatic heterocycles. The Hall–Kier alpha value is -6.38. The van der Waals surface area contributed by atoms with Crippen LogP contribution in [0.2, 0.25) is 0 Å². The second kappa shape index (κ2) is 11.0. The summed E-state index contributed by atoms with van der Waals surface area (Å²) in [7, 11) is 0. The Morgan fingerprint density at radius 2 is 0.847 bits per heavy atom. The molecule has 13 rings (SSSR count). The van der Waals surface area contributed by atoms with Gasteiger partial charge in [0, 0.05) is 33.3 Å². The van der Waals surface area contributed by atoms with E-state index in [0.717, 1.165) is 0 Å². The molecule has 3 aliphatic carbocycles. The van der Waals surface area contributed by atoms with Crippen LogP contribution in [0.25, 0.3) is 55.6 Å². The lowest BCUT2D eigenvalue weighted by molar-refractivity contribution is 0.660. The Bertz CT molecular complexity index is 3200. The summed E-state index contributed by atoms with van der Waals surface area (Å²) < 4.78 is 0. The van der Waals surface area contributed by atoms with Gasteiger partial charge in [0.15, 0.2) is 0 Å². The molecule has 8 aromatic rings. The van der Waals surface area contributed by atoms with E-state index in [2.05, 4.69) is 204 Å². The van der Waals surface area contributed by atoms with Gasteiger partial charge >= 0.3 is 0 Å². The van der Waals surface area contributed by atoms with Gasteiger partial charge in [-0.3, -0.25) is 0 Å². The number of fused-ring (bicyclic) bond motifs is 14. The van der Waals surface area contributed by atoms with Gasteiger partial charge < -0.3 is 4.90 Å². The van der Waals surface area contributed by atoms with Crippen molar-refractivity contribution >= 4 is 40.2 Å². The summed E-state index contributed by atoms with van der Waals surface area (Å²) in [6.07, 6.45) is 0. The topological polar surface area (TPSA) is 3.24 Å². The summed E-state index contributed by atoms with van der Waals surface area (Å²) in [5.41, 5.74) is 29.7. The maximum Gasteiger partial charge on any atom is 0.248 e. The quantitative estimate of drug-likeness (QED) is 0.159. The van der Waals surface area contributed by atoms with E-state index in [1.807, 2.05) is 0 Å². The van der Waals surface area contributed by atoms with Crippen molar-refractivity contribution in [3.8, 4) is 55.6 Å². The van der Waals surface area contributed by atoms with Crippen LogP contribution in [0, 0.1) is 0 Å². The summed E-state index contributed by atoms with van der Waals surface area (Å²) in [6.45, 7) is 14.5. The lowest BCUT2D eigenvalue weighted by Gasteiger charge is -2.38. The number of hydrogen-bond acceptors (Lipinski definition) is 1. The maximum atomic E-state index is 2.64. The highest BCUT2D eigenvalue weighted by molar-refractivity contribution is 7.01. The van der Waals surface area contributed by atoms with E-state index < -0.39 is 0 Å². The molecule has 0 bridgehead atoms. The molecule has 280 valence electrons. The third-order valence-electron chi connectivity index (χ3n) is 15.3. The van der Waals surface area contributed by atoms with Crippen molar-refractivity contribution < 1.29 is 0 Å². The van der Waals surface area contributed by atoms with E-state index in [1.165, 1.54) is 122 Å². The van der Waals surface area contributed by atoms with Gasteiger partial charge in [-0.15, -0.1) is 0 Å². The highest BCUT2D eigenvalue weighted by Gasteiger charge is 2.48. The summed E-state index contributed by atoms with van der Waals surface area (Å²) >= 11 is 0. The Morgan fingerprint density at radius 3 is 1.47 bits per heavy atom. The zero-order valence-corrected chi connectivity index (χ0v) is 34.5. The molecule has 0 N–H and O–H groups in total. The molecule has 2 heteroatoms. The maximum absolute atomic E-state index is 2.64. The van der Waals surface area contributed by atoms with Gasteiger partial charge in [-0.1, -0.05) is 168 Å². The van der Waals surface area contributed by atoms with Gasteiger partial charge in [0.25, 0.3) is 0 Å². The third kappa shape index (κ3) is 4.12. The van der Waals surface area contributed by atoms with Gasteiger partial charge in [0.05, 0.1) is 0 Å². The molecule has 0 atom stereocenters. The first-order chi connectivity index (χ1) is 28.5. The molecule has 0 saturated heterocycles. The average Bonchev–Trinajstić information content (AvgIpc) is 3.86. The molecule has 2 aliphatic heterocycles. The van der Waals surface area contributed by atoms with E-state index >= 15 is 0 Å². The Labute approximate surface area is 348 Å². The SMILES string of the molecule is CC1(C)c2ccccc2-c2cc(N3c4cc5c(cc4B4c6cc7c(cc6-c6cc(-c8ccccc8)cc3c64)-c3ccccc3C7(C)C)C(C)(C)c3ccccc3-5)ccc21. The lowest BCUT2D eigenvalue weighted by Crippen LogP contribution is -2.55. The minimum Gasteiger partial charge on any atom is -0.311 e. The first-order valence-electron chi connectivity index (χ1n) is 21.4. The van der Waals surface area contributed by atoms with Crippen molar-refractivity contribution in [2.45, 2.75) is 57.8 Å². The van der Waals surface area contributed by atoms with E-state index in [9.17, 15) is 0 Å². The van der Waals surface area contributed by atoms with Crippen LogP contribution in [0.5, 0.6) is 0 Å². The van der Waals surface area contributed by atoms with Gasteiger partial charge in [-0.2, -0.15) is 0 Å². The number of hydrogen-bond donors (Lipinski definition) is 0. The van der Waals surface area contributed by atoms with Crippen molar-refractivity contribution in [1.82, 2.24) is 0 Å². The third-order valence-corrected chi connectivity index (χ3v) is 15.3. The zero-order chi connectivity index (χ0) is 39.7. The van der Waals surface area contributed by atoms with Crippen LogP contribution in [0.1, 0.15) is 74.9 Å². The lowest BCUT2D eigenvalue weighted by atomic mass is 9.36. The van der Waals surface area contributed by atoms with Crippen LogP contribution in [-0.4, -0.2) is 6.71 Å². The number of nitrogens with zero attached hydrogens (tertiary/aromatic N) is 1. The molecule has 0 saturated carbocycles. The van der Waals surface area contributed by atoms with E-state index in [-0.39, 0.29) is 23.0 Å². The van der Waals surface area contributed by atoms with E-state index in [4.69, 9.17) is 0 Å². The molecule has 0 spiro atoms. The fraction of sp³-hybridized carbons (Fsp3) is 0.158. The molecule has 0 amide bonds. The molecule has 0 unspecified atom stereocenters. The Balaban J connectivity index is 1.15. The van der Waals surface area contributed by atoms with Gasteiger partial charge in [0.2, 0.25) is 6.71 Å². The first kappa shape index (κ1) is 33.6. The highest BCUT2D eigenvalue weighted by atomic mass is 15.2. The van der Waals surface area contributed by atoms with Gasteiger partial charge in [0.1, 0.15) is 0 Å². The Morgan fingerprint density at radius 1 is 0.339 bits per heavy atom. The zero-order valence-electron chi connectivity index (χ0n) is 34.5.